The molecule has 0 spiro atoms. The maximum absolute atomic E-state index is 5.53. The van der Waals surface area contributed by atoms with E-state index in [1.807, 2.05) is 7.05 Å². The first-order valence-corrected chi connectivity index (χ1v) is 7.35. The van der Waals surface area contributed by atoms with Gasteiger partial charge in [0.05, 0.1) is 24.9 Å². The van der Waals surface area contributed by atoms with Crippen LogP contribution in [-0.2, 0) is 16.5 Å². The minimum absolute atomic E-state index is 0.192. The molecule has 0 amide bonds. The molecule has 6 nitrogen and oxygen atoms in total. The fraction of sp³-hybridized carbons (Fsp3) is 0.833. The first kappa shape index (κ1) is 16.6. The van der Waals surface area contributed by atoms with Gasteiger partial charge in [0, 0.05) is 20.8 Å². The molecule has 0 aliphatic heterocycles. The van der Waals surface area contributed by atoms with Crippen molar-refractivity contribution in [3.63, 3.8) is 0 Å². The molecule has 0 saturated carbocycles. The van der Waals surface area contributed by atoms with E-state index in [0.29, 0.717) is 19.8 Å². The van der Waals surface area contributed by atoms with E-state index >= 15 is 0 Å². The monoisotopic (exact) mass is 334 g/mol. The highest BCUT2D eigenvalue weighted by atomic mass is 79.9. The molecule has 1 aromatic rings. The Hall–Kier alpha value is -0.500. The van der Waals surface area contributed by atoms with Gasteiger partial charge < -0.3 is 14.8 Å². The fourth-order valence-electron chi connectivity index (χ4n) is 1.81. The molecule has 0 saturated heterocycles. The molecule has 19 heavy (non-hydrogen) atoms. The van der Waals surface area contributed by atoms with Crippen LogP contribution in [-0.4, -0.2) is 48.5 Å². The van der Waals surface area contributed by atoms with Crippen LogP contribution in [0.15, 0.2) is 4.60 Å². The summed E-state index contributed by atoms with van der Waals surface area (Å²) < 4.78 is 13.1. The molecular formula is C12H23BrN4O2. The quantitative estimate of drug-likeness (QED) is 0.659. The van der Waals surface area contributed by atoms with E-state index in [9.17, 15) is 0 Å². The van der Waals surface area contributed by atoms with E-state index in [1.54, 1.807) is 11.8 Å². The lowest BCUT2D eigenvalue weighted by atomic mass is 10.1. The summed E-state index contributed by atoms with van der Waals surface area (Å²) in [6.45, 7) is 5.05. The number of halogens is 1. The van der Waals surface area contributed by atoms with E-state index in [-0.39, 0.29) is 6.04 Å². The Morgan fingerprint density at radius 3 is 2.74 bits per heavy atom. The van der Waals surface area contributed by atoms with E-state index in [4.69, 9.17) is 9.47 Å². The molecule has 0 aliphatic carbocycles. The van der Waals surface area contributed by atoms with Crippen molar-refractivity contribution in [3.8, 4) is 0 Å². The lowest BCUT2D eigenvalue weighted by molar-refractivity contribution is 0.0654. The number of hydrogen-bond donors (Lipinski definition) is 1. The minimum atomic E-state index is 0.192. The number of methoxy groups -OCH3 is 1. The van der Waals surface area contributed by atoms with Crippen LogP contribution in [0, 0.1) is 0 Å². The summed E-state index contributed by atoms with van der Waals surface area (Å²) in [5.74, 6) is 0. The summed E-state index contributed by atoms with van der Waals surface area (Å²) in [6, 6.07) is 0.192. The Balaban J connectivity index is 2.52. The highest BCUT2D eigenvalue weighted by molar-refractivity contribution is 9.10. The maximum atomic E-state index is 5.53. The average Bonchev–Trinajstić information content (AvgIpc) is 2.73. The number of aromatic nitrogens is 3. The van der Waals surface area contributed by atoms with Gasteiger partial charge in [0.25, 0.3) is 0 Å². The first-order chi connectivity index (χ1) is 9.20. The topological polar surface area (TPSA) is 61.2 Å². The molecule has 1 rings (SSSR count). The summed E-state index contributed by atoms with van der Waals surface area (Å²) in [5.41, 5.74) is 1.06. The molecule has 1 aromatic heterocycles. The molecule has 0 aliphatic rings. The van der Waals surface area contributed by atoms with Crippen LogP contribution in [0.4, 0.5) is 0 Å². The van der Waals surface area contributed by atoms with Gasteiger partial charge in [0.1, 0.15) is 0 Å². The molecule has 0 fully saturated rings. The second-order valence-electron chi connectivity index (χ2n) is 4.29. The van der Waals surface area contributed by atoms with Crippen molar-refractivity contribution in [2.45, 2.75) is 25.8 Å². The third-order valence-corrected chi connectivity index (χ3v) is 3.34. The van der Waals surface area contributed by atoms with E-state index in [2.05, 4.69) is 38.5 Å². The van der Waals surface area contributed by atoms with Crippen LogP contribution < -0.4 is 5.32 Å². The zero-order valence-corrected chi connectivity index (χ0v) is 13.4. The predicted molar refractivity (Wildman–Crippen MR) is 77.0 cm³/mol. The van der Waals surface area contributed by atoms with Crippen LogP contribution in [0.2, 0.25) is 0 Å². The Morgan fingerprint density at radius 1 is 1.37 bits per heavy atom. The van der Waals surface area contributed by atoms with Crippen molar-refractivity contribution in [2.75, 3.05) is 33.5 Å². The Labute approximate surface area is 123 Å². The second-order valence-corrected chi connectivity index (χ2v) is 5.04. The Kier molecular flexibility index (Phi) is 8.20. The number of ether oxygens (including phenoxy) is 2. The standard InChI is InChI=1S/C12H23BrN4O2/c1-4-6-14-10(5-7-19-9-8-18-3)11-12(13)15-16-17(11)2/h10,14H,4-9H2,1-3H3. The highest BCUT2D eigenvalue weighted by Crippen LogP contribution is 2.23. The van der Waals surface area contributed by atoms with Gasteiger partial charge in [-0.2, -0.15) is 0 Å². The van der Waals surface area contributed by atoms with Crippen molar-refractivity contribution in [1.82, 2.24) is 20.3 Å². The van der Waals surface area contributed by atoms with Crippen LogP contribution in [0.25, 0.3) is 0 Å². The van der Waals surface area contributed by atoms with Gasteiger partial charge in [-0.05, 0) is 35.3 Å². The number of hydrogen-bond acceptors (Lipinski definition) is 5. The van der Waals surface area contributed by atoms with Gasteiger partial charge in [-0.3, -0.25) is 0 Å². The normalized spacial score (nSPS) is 12.8. The third kappa shape index (κ3) is 5.56. The maximum Gasteiger partial charge on any atom is 0.153 e. The molecule has 0 bridgehead atoms. The summed E-state index contributed by atoms with van der Waals surface area (Å²) >= 11 is 3.45. The van der Waals surface area contributed by atoms with Gasteiger partial charge in [-0.25, -0.2) is 4.68 Å². The van der Waals surface area contributed by atoms with Crippen molar-refractivity contribution < 1.29 is 9.47 Å². The van der Waals surface area contributed by atoms with E-state index in [1.165, 1.54) is 0 Å². The molecule has 0 radical (unpaired) electrons. The molecule has 7 heteroatoms. The van der Waals surface area contributed by atoms with Crippen molar-refractivity contribution in [1.29, 1.82) is 0 Å². The molecule has 110 valence electrons. The molecule has 0 aromatic carbocycles. The Bertz CT molecular complexity index is 340. The smallest absolute Gasteiger partial charge is 0.153 e. The van der Waals surface area contributed by atoms with Gasteiger partial charge >= 0.3 is 0 Å². The lowest BCUT2D eigenvalue weighted by Gasteiger charge is -2.18. The van der Waals surface area contributed by atoms with E-state index in [0.717, 1.165) is 29.7 Å². The highest BCUT2D eigenvalue weighted by Gasteiger charge is 2.19. The van der Waals surface area contributed by atoms with Gasteiger partial charge in [0.2, 0.25) is 0 Å². The molecule has 1 heterocycles. The molecular weight excluding hydrogens is 312 g/mol. The zero-order chi connectivity index (χ0) is 14.1. The lowest BCUT2D eigenvalue weighted by Crippen LogP contribution is -2.26. The predicted octanol–water partition coefficient (Wildman–Crippen LogP) is 1.67. The number of nitrogens with one attached hydrogen (secondary N) is 1. The first-order valence-electron chi connectivity index (χ1n) is 6.55. The van der Waals surface area contributed by atoms with Crippen molar-refractivity contribution in [3.05, 3.63) is 10.3 Å². The summed E-state index contributed by atoms with van der Waals surface area (Å²) in [7, 11) is 3.58. The summed E-state index contributed by atoms with van der Waals surface area (Å²) in [6.07, 6.45) is 1.97. The second kappa shape index (κ2) is 9.41. The minimum Gasteiger partial charge on any atom is -0.382 e. The number of rotatable bonds is 10. The zero-order valence-electron chi connectivity index (χ0n) is 11.9. The molecule has 1 atom stereocenters. The summed E-state index contributed by atoms with van der Waals surface area (Å²) in [4.78, 5) is 0. The fourth-order valence-corrected chi connectivity index (χ4v) is 2.41. The van der Waals surface area contributed by atoms with Crippen LogP contribution >= 0.6 is 15.9 Å². The van der Waals surface area contributed by atoms with Gasteiger partial charge in [0.15, 0.2) is 4.60 Å². The molecule has 1 unspecified atom stereocenters. The average molecular weight is 335 g/mol. The largest absolute Gasteiger partial charge is 0.382 e. The van der Waals surface area contributed by atoms with Crippen LogP contribution in [0.3, 0.4) is 0 Å². The SMILES string of the molecule is CCCNC(CCOCCOC)c1c(Br)nnn1C. The van der Waals surface area contributed by atoms with Gasteiger partial charge in [-0.15, -0.1) is 5.10 Å². The van der Waals surface area contributed by atoms with Crippen molar-refractivity contribution >= 4 is 15.9 Å². The third-order valence-electron chi connectivity index (χ3n) is 2.78. The van der Waals surface area contributed by atoms with Crippen LogP contribution in [0.5, 0.6) is 0 Å². The van der Waals surface area contributed by atoms with Crippen LogP contribution in [0.1, 0.15) is 31.5 Å². The Morgan fingerprint density at radius 2 is 2.16 bits per heavy atom. The van der Waals surface area contributed by atoms with Gasteiger partial charge in [-0.1, -0.05) is 12.1 Å². The van der Waals surface area contributed by atoms with Crippen molar-refractivity contribution in [2.24, 2.45) is 7.05 Å². The molecule has 1 N–H and O–H groups in total. The van der Waals surface area contributed by atoms with E-state index < -0.39 is 0 Å². The number of nitrogens with zero attached hydrogens (tertiary/aromatic N) is 3. The number of aryl methyl sites for hydroxylation is 1. The summed E-state index contributed by atoms with van der Waals surface area (Å²) in [5, 5.41) is 11.6.